The minimum atomic E-state index is -4.30. The first-order valence-corrected chi connectivity index (χ1v) is 4.66. The van der Waals surface area contributed by atoms with E-state index in [4.69, 9.17) is 0 Å². The molecule has 0 spiro atoms. The van der Waals surface area contributed by atoms with Gasteiger partial charge in [0.1, 0.15) is 0 Å². The zero-order chi connectivity index (χ0) is 10.1. The highest BCUT2D eigenvalue weighted by Gasteiger charge is 2.31. The quantitative estimate of drug-likeness (QED) is 0.700. The lowest BCUT2D eigenvalue weighted by Crippen LogP contribution is -2.07. The van der Waals surface area contributed by atoms with Gasteiger partial charge >= 0.3 is 6.18 Å². The molecular formula is C8H7BrF3N. The molecule has 0 N–H and O–H groups in total. The molecule has 0 saturated heterocycles. The lowest BCUT2D eigenvalue weighted by atomic mass is 10.1. The molecule has 1 nitrogen and oxygen atoms in total. The zero-order valence-corrected chi connectivity index (χ0v) is 8.41. The molecule has 1 heterocycles. The topological polar surface area (TPSA) is 12.9 Å². The van der Waals surface area contributed by atoms with Crippen molar-refractivity contribution < 1.29 is 13.2 Å². The first-order chi connectivity index (χ1) is 5.95. The smallest absolute Gasteiger partial charge is 0.260 e. The van der Waals surface area contributed by atoms with E-state index < -0.39 is 11.7 Å². The van der Waals surface area contributed by atoms with Gasteiger partial charge in [0.25, 0.3) is 0 Å². The number of hydrogen-bond donors (Lipinski definition) is 0. The summed E-state index contributed by atoms with van der Waals surface area (Å²) in [7, 11) is 0. The first-order valence-electron chi connectivity index (χ1n) is 3.54. The van der Waals surface area contributed by atoms with Crippen LogP contribution in [0.3, 0.4) is 0 Å². The first kappa shape index (κ1) is 10.5. The van der Waals surface area contributed by atoms with Crippen molar-refractivity contribution in [3.63, 3.8) is 0 Å². The Morgan fingerprint density at radius 3 is 2.46 bits per heavy atom. The summed E-state index contributed by atoms with van der Waals surface area (Å²) in [6, 6.07) is 1.10. The number of alkyl halides is 4. The van der Waals surface area contributed by atoms with Crippen LogP contribution in [0, 0.1) is 6.92 Å². The fraction of sp³-hybridized carbons (Fsp3) is 0.375. The fourth-order valence-electron chi connectivity index (χ4n) is 0.898. The third-order valence-corrected chi connectivity index (χ3v) is 2.17. The summed E-state index contributed by atoms with van der Waals surface area (Å²) in [6.45, 7) is 1.61. The molecule has 0 saturated carbocycles. The molecule has 1 aromatic heterocycles. The van der Waals surface area contributed by atoms with Crippen LogP contribution in [0.4, 0.5) is 13.2 Å². The summed E-state index contributed by atoms with van der Waals surface area (Å²) >= 11 is 3.14. The lowest BCUT2D eigenvalue weighted by Gasteiger charge is -2.08. The van der Waals surface area contributed by atoms with Crippen molar-refractivity contribution in [1.82, 2.24) is 4.98 Å². The highest BCUT2D eigenvalue weighted by Crippen LogP contribution is 2.29. The number of pyridine rings is 1. The van der Waals surface area contributed by atoms with Crippen molar-refractivity contribution in [3.8, 4) is 0 Å². The maximum Gasteiger partial charge on any atom is 0.417 e. The minimum Gasteiger partial charge on any atom is -0.260 e. The van der Waals surface area contributed by atoms with Gasteiger partial charge in [0.2, 0.25) is 0 Å². The lowest BCUT2D eigenvalue weighted by molar-refractivity contribution is -0.137. The fourth-order valence-corrected chi connectivity index (χ4v) is 1.49. The summed E-state index contributed by atoms with van der Waals surface area (Å²) in [5, 5.41) is 0.469. The normalized spacial score (nSPS) is 11.8. The number of hydrogen-bond acceptors (Lipinski definition) is 1. The molecule has 0 aliphatic carbocycles. The van der Waals surface area contributed by atoms with Gasteiger partial charge in [-0.25, -0.2) is 0 Å². The molecule has 0 amide bonds. The molecule has 1 rings (SSSR count). The number of halogens is 4. The number of rotatable bonds is 1. The molecule has 5 heteroatoms. The van der Waals surface area contributed by atoms with Gasteiger partial charge in [0, 0.05) is 11.5 Å². The predicted octanol–water partition coefficient (Wildman–Crippen LogP) is 3.30. The van der Waals surface area contributed by atoms with Crippen molar-refractivity contribution in [1.29, 1.82) is 0 Å². The molecule has 1 aromatic rings. The third-order valence-electron chi connectivity index (χ3n) is 1.64. The maximum absolute atomic E-state index is 12.2. The molecule has 13 heavy (non-hydrogen) atoms. The largest absolute Gasteiger partial charge is 0.417 e. The summed E-state index contributed by atoms with van der Waals surface area (Å²) in [5.74, 6) is 0. The van der Waals surface area contributed by atoms with Gasteiger partial charge in [-0.3, -0.25) is 4.98 Å². The second-order valence-corrected chi connectivity index (χ2v) is 3.18. The van der Waals surface area contributed by atoms with E-state index in [0.717, 1.165) is 12.3 Å². The van der Waals surface area contributed by atoms with Gasteiger partial charge in [-0.1, -0.05) is 15.9 Å². The summed E-state index contributed by atoms with van der Waals surface area (Å²) < 4.78 is 36.5. The van der Waals surface area contributed by atoms with E-state index in [1.807, 2.05) is 0 Å². The standard InChI is InChI=1S/C8H7BrF3N/c1-5-2-6(8(10,11)12)4-13-7(5)3-9/h2,4H,3H2,1H3. The van der Waals surface area contributed by atoms with E-state index in [0.29, 0.717) is 16.6 Å². The van der Waals surface area contributed by atoms with E-state index in [1.165, 1.54) is 0 Å². The average molecular weight is 254 g/mol. The van der Waals surface area contributed by atoms with E-state index in [1.54, 1.807) is 6.92 Å². The average Bonchev–Trinajstić information content (AvgIpc) is 2.02. The molecule has 0 unspecified atom stereocenters. The van der Waals surface area contributed by atoms with Crippen molar-refractivity contribution in [2.45, 2.75) is 18.4 Å². The van der Waals surface area contributed by atoms with Crippen LogP contribution in [0.15, 0.2) is 12.3 Å². The highest BCUT2D eigenvalue weighted by molar-refractivity contribution is 9.08. The summed E-state index contributed by atoms with van der Waals surface area (Å²) in [6.07, 6.45) is -3.45. The van der Waals surface area contributed by atoms with Crippen LogP contribution in [0.5, 0.6) is 0 Å². The van der Waals surface area contributed by atoms with Crippen molar-refractivity contribution in [2.24, 2.45) is 0 Å². The third kappa shape index (κ3) is 2.43. The van der Waals surface area contributed by atoms with Crippen LogP contribution in [-0.4, -0.2) is 4.98 Å². The Balaban J connectivity index is 3.10. The Labute approximate surface area is 82.1 Å². The van der Waals surface area contributed by atoms with E-state index in [2.05, 4.69) is 20.9 Å². The van der Waals surface area contributed by atoms with Crippen LogP contribution in [0.2, 0.25) is 0 Å². The van der Waals surface area contributed by atoms with Crippen LogP contribution < -0.4 is 0 Å². The van der Waals surface area contributed by atoms with E-state index >= 15 is 0 Å². The minimum absolute atomic E-state index is 0.469. The van der Waals surface area contributed by atoms with E-state index in [-0.39, 0.29) is 0 Å². The molecule has 0 aromatic carbocycles. The molecule has 0 bridgehead atoms. The van der Waals surface area contributed by atoms with Gasteiger partial charge in [0.05, 0.1) is 11.3 Å². The Morgan fingerprint density at radius 1 is 1.46 bits per heavy atom. The Morgan fingerprint density at radius 2 is 2.08 bits per heavy atom. The molecule has 0 radical (unpaired) electrons. The Hall–Kier alpha value is -0.580. The van der Waals surface area contributed by atoms with Crippen LogP contribution in [-0.2, 0) is 11.5 Å². The predicted molar refractivity (Wildman–Crippen MR) is 46.6 cm³/mol. The van der Waals surface area contributed by atoms with Crippen LogP contribution in [0.25, 0.3) is 0 Å². The van der Waals surface area contributed by atoms with Crippen LogP contribution >= 0.6 is 15.9 Å². The van der Waals surface area contributed by atoms with E-state index in [9.17, 15) is 13.2 Å². The van der Waals surface area contributed by atoms with Gasteiger partial charge < -0.3 is 0 Å². The summed E-state index contributed by atoms with van der Waals surface area (Å²) in [4.78, 5) is 3.70. The number of aryl methyl sites for hydroxylation is 1. The Bertz CT molecular complexity index is 309. The van der Waals surface area contributed by atoms with Gasteiger partial charge in [0.15, 0.2) is 0 Å². The molecular weight excluding hydrogens is 247 g/mol. The molecule has 0 fully saturated rings. The van der Waals surface area contributed by atoms with Crippen molar-refractivity contribution >= 4 is 15.9 Å². The molecule has 0 atom stereocenters. The summed E-state index contributed by atoms with van der Waals surface area (Å²) in [5.41, 5.74) is 0.481. The molecule has 0 aliphatic heterocycles. The maximum atomic E-state index is 12.2. The van der Waals surface area contributed by atoms with Crippen LogP contribution in [0.1, 0.15) is 16.8 Å². The number of aromatic nitrogens is 1. The SMILES string of the molecule is Cc1cc(C(F)(F)F)cnc1CBr. The monoisotopic (exact) mass is 253 g/mol. The van der Waals surface area contributed by atoms with Gasteiger partial charge in [-0.05, 0) is 18.6 Å². The zero-order valence-electron chi connectivity index (χ0n) is 6.82. The van der Waals surface area contributed by atoms with Crippen molar-refractivity contribution in [3.05, 3.63) is 29.1 Å². The molecule has 72 valence electrons. The van der Waals surface area contributed by atoms with Gasteiger partial charge in [-0.2, -0.15) is 13.2 Å². The molecule has 0 aliphatic rings. The highest BCUT2D eigenvalue weighted by atomic mass is 79.9. The second-order valence-electron chi connectivity index (χ2n) is 2.62. The van der Waals surface area contributed by atoms with Gasteiger partial charge in [-0.15, -0.1) is 0 Å². The Kier molecular flexibility index (Phi) is 2.95. The second kappa shape index (κ2) is 3.65. The number of nitrogens with zero attached hydrogens (tertiary/aromatic N) is 1. The van der Waals surface area contributed by atoms with Crippen molar-refractivity contribution in [2.75, 3.05) is 0 Å².